The van der Waals surface area contributed by atoms with Crippen LogP contribution in [0.1, 0.15) is 91.2 Å². The molecule has 2 fully saturated rings. The van der Waals surface area contributed by atoms with Crippen LogP contribution in [0.15, 0.2) is 48.7 Å². The van der Waals surface area contributed by atoms with Gasteiger partial charge in [-0.3, -0.25) is 14.4 Å². The van der Waals surface area contributed by atoms with Gasteiger partial charge in [0.05, 0.1) is 13.2 Å². The second kappa shape index (κ2) is 25.2. The fourth-order valence-electron chi connectivity index (χ4n) is 7.45. The van der Waals surface area contributed by atoms with E-state index in [2.05, 4.69) is 9.88 Å². The Morgan fingerprint density at radius 3 is 1.89 bits per heavy atom. The molecule has 358 valence electrons. The van der Waals surface area contributed by atoms with Crippen molar-refractivity contribution >= 4 is 47.9 Å². The topological polar surface area (TPSA) is 191 Å². The van der Waals surface area contributed by atoms with E-state index >= 15 is 0 Å². The lowest BCUT2D eigenvalue weighted by atomic mass is 10.0. The van der Waals surface area contributed by atoms with Gasteiger partial charge in [-0.2, -0.15) is 0 Å². The number of carbonyl (C=O) groups excluding carboxylic acids is 7. The van der Waals surface area contributed by atoms with Gasteiger partial charge < -0.3 is 43.3 Å². The molecule has 0 N–H and O–H groups in total. The molecule has 1 aromatic carbocycles. The van der Waals surface area contributed by atoms with Gasteiger partial charge in [-0.15, -0.1) is 0 Å². The number of benzene rings is 1. The number of aromatic nitrogens is 1. The minimum absolute atomic E-state index is 0.00245. The van der Waals surface area contributed by atoms with E-state index in [1.54, 1.807) is 18.3 Å². The van der Waals surface area contributed by atoms with E-state index in [9.17, 15) is 33.6 Å². The summed E-state index contributed by atoms with van der Waals surface area (Å²) in [5, 5.41) is 0. The molecule has 1 aliphatic carbocycles. The molecular weight excluding hydrogens is 839 g/mol. The van der Waals surface area contributed by atoms with Crippen molar-refractivity contribution < 1.29 is 57.2 Å². The van der Waals surface area contributed by atoms with Crippen molar-refractivity contribution in [2.45, 2.75) is 130 Å². The number of anilines is 1. The maximum atomic E-state index is 14.6. The molecule has 0 bridgehead atoms. The van der Waals surface area contributed by atoms with Gasteiger partial charge in [0.15, 0.2) is 18.3 Å². The van der Waals surface area contributed by atoms with E-state index in [-0.39, 0.29) is 50.0 Å². The number of esters is 4. The largest absolute Gasteiger partial charge is 0.458 e. The SMILES string of the molecule is CC(C)C[C@@H](C(=O)O[C@H](C)C(=O)N(C)[C@@H](CC1CC1)C(=O)O[C@H](CCc1ccc(N2CCOCC2)nc1)C(=O)N(C)[C@@H](CC(C)C)C(=O)O[C@H](C)C(=O)OCc1ccccc1)N(C)C=O. The Balaban J connectivity index is 1.56. The number of rotatable bonds is 25. The van der Waals surface area contributed by atoms with Gasteiger partial charge in [0.25, 0.3) is 11.8 Å². The summed E-state index contributed by atoms with van der Waals surface area (Å²) in [6.07, 6.45) is 0.884. The lowest BCUT2D eigenvalue weighted by Gasteiger charge is -2.33. The van der Waals surface area contributed by atoms with Gasteiger partial charge in [-0.05, 0) is 80.9 Å². The number of morpholine rings is 1. The maximum absolute atomic E-state index is 14.6. The van der Waals surface area contributed by atoms with Crippen LogP contribution in [0.3, 0.4) is 0 Å². The molecule has 0 spiro atoms. The van der Waals surface area contributed by atoms with Gasteiger partial charge in [0, 0.05) is 40.4 Å². The Morgan fingerprint density at radius 2 is 1.31 bits per heavy atom. The van der Waals surface area contributed by atoms with Crippen LogP contribution < -0.4 is 4.90 Å². The quantitative estimate of drug-likeness (QED) is 0.0775. The van der Waals surface area contributed by atoms with Crippen molar-refractivity contribution in [2.75, 3.05) is 52.3 Å². The molecular formula is C48H69N5O12. The lowest BCUT2D eigenvalue weighted by molar-refractivity contribution is -0.175. The number of amides is 3. The molecule has 2 heterocycles. The zero-order valence-electron chi connectivity index (χ0n) is 39.5. The first kappa shape index (κ1) is 52.0. The van der Waals surface area contributed by atoms with Crippen LogP contribution in [-0.4, -0.2) is 146 Å². The van der Waals surface area contributed by atoms with Gasteiger partial charge in [0.2, 0.25) is 6.41 Å². The van der Waals surface area contributed by atoms with E-state index in [1.165, 1.54) is 49.7 Å². The molecule has 17 nitrogen and oxygen atoms in total. The van der Waals surface area contributed by atoms with Crippen molar-refractivity contribution in [2.24, 2.45) is 17.8 Å². The molecule has 4 rings (SSSR count). The molecule has 6 atom stereocenters. The van der Waals surface area contributed by atoms with Crippen LogP contribution in [0, 0.1) is 17.8 Å². The predicted molar refractivity (Wildman–Crippen MR) is 240 cm³/mol. The highest BCUT2D eigenvalue weighted by molar-refractivity contribution is 5.92. The molecule has 2 aliphatic rings. The molecule has 0 unspecified atom stereocenters. The van der Waals surface area contributed by atoms with E-state index in [0.29, 0.717) is 39.1 Å². The van der Waals surface area contributed by atoms with Gasteiger partial charge in [-0.25, -0.2) is 24.2 Å². The van der Waals surface area contributed by atoms with Crippen LogP contribution in [0.5, 0.6) is 0 Å². The summed E-state index contributed by atoms with van der Waals surface area (Å²) >= 11 is 0. The maximum Gasteiger partial charge on any atom is 0.347 e. The van der Waals surface area contributed by atoms with Gasteiger partial charge in [0.1, 0.15) is 30.6 Å². The van der Waals surface area contributed by atoms with Crippen molar-refractivity contribution in [3.05, 3.63) is 59.8 Å². The van der Waals surface area contributed by atoms with Crippen LogP contribution in [0.25, 0.3) is 0 Å². The third-order valence-electron chi connectivity index (χ3n) is 11.6. The number of hydrogen-bond acceptors (Lipinski definition) is 14. The van der Waals surface area contributed by atoms with Crippen molar-refractivity contribution in [3.8, 4) is 0 Å². The normalized spacial score (nSPS) is 16.6. The third-order valence-corrected chi connectivity index (χ3v) is 11.6. The van der Waals surface area contributed by atoms with E-state index in [1.807, 2.05) is 58.0 Å². The number of carbonyl (C=O) groups is 7. The summed E-state index contributed by atoms with van der Waals surface area (Å²) in [6.45, 7) is 12.9. The Labute approximate surface area is 383 Å². The fraction of sp³-hybridized carbons (Fsp3) is 0.625. The zero-order chi connectivity index (χ0) is 47.8. The summed E-state index contributed by atoms with van der Waals surface area (Å²) in [6, 6.07) is 9.62. The monoisotopic (exact) mass is 907 g/mol. The highest BCUT2D eigenvalue weighted by Gasteiger charge is 2.41. The first-order valence-electron chi connectivity index (χ1n) is 22.7. The van der Waals surface area contributed by atoms with Crippen molar-refractivity contribution in [1.29, 1.82) is 0 Å². The fourth-order valence-corrected chi connectivity index (χ4v) is 7.45. The van der Waals surface area contributed by atoms with Gasteiger partial charge >= 0.3 is 23.9 Å². The van der Waals surface area contributed by atoms with Crippen LogP contribution >= 0.6 is 0 Å². The Morgan fingerprint density at radius 1 is 0.723 bits per heavy atom. The van der Waals surface area contributed by atoms with Crippen LogP contribution in [0.4, 0.5) is 5.82 Å². The molecule has 1 saturated carbocycles. The summed E-state index contributed by atoms with van der Waals surface area (Å²) in [5.41, 5.74) is 1.53. The highest BCUT2D eigenvalue weighted by atomic mass is 16.6. The number of hydrogen-bond donors (Lipinski definition) is 0. The molecule has 1 aromatic heterocycles. The third kappa shape index (κ3) is 16.1. The molecule has 2 aromatic rings. The molecule has 3 amide bonds. The second-order valence-electron chi connectivity index (χ2n) is 18.0. The number of likely N-dealkylation sites (N-methyl/N-ethyl adjacent to an activating group) is 3. The molecule has 17 heteroatoms. The average Bonchev–Trinajstić information content (AvgIpc) is 4.13. The zero-order valence-corrected chi connectivity index (χ0v) is 39.5. The minimum atomic E-state index is -1.42. The minimum Gasteiger partial charge on any atom is -0.458 e. The molecule has 0 radical (unpaired) electrons. The summed E-state index contributed by atoms with van der Waals surface area (Å²) < 4.78 is 28.1. The number of ether oxygens (including phenoxy) is 5. The van der Waals surface area contributed by atoms with E-state index < -0.39 is 72.1 Å². The number of pyridine rings is 1. The molecule has 65 heavy (non-hydrogen) atoms. The smallest absolute Gasteiger partial charge is 0.347 e. The first-order chi connectivity index (χ1) is 30.9. The molecule has 1 aliphatic heterocycles. The lowest BCUT2D eigenvalue weighted by Crippen LogP contribution is -2.52. The van der Waals surface area contributed by atoms with Crippen molar-refractivity contribution in [3.63, 3.8) is 0 Å². The Hall–Kier alpha value is -5.58. The van der Waals surface area contributed by atoms with Crippen molar-refractivity contribution in [1.82, 2.24) is 19.7 Å². The van der Waals surface area contributed by atoms with E-state index in [0.717, 1.165) is 29.8 Å². The predicted octanol–water partition coefficient (Wildman–Crippen LogP) is 4.37. The number of aryl methyl sites for hydroxylation is 1. The average molecular weight is 908 g/mol. The summed E-state index contributed by atoms with van der Waals surface area (Å²) in [4.78, 5) is 105. The van der Waals surface area contributed by atoms with E-state index in [4.69, 9.17) is 23.7 Å². The van der Waals surface area contributed by atoms with Gasteiger partial charge in [-0.1, -0.05) is 76.9 Å². The first-order valence-corrected chi connectivity index (χ1v) is 22.7. The second-order valence-corrected chi connectivity index (χ2v) is 18.0. The highest BCUT2D eigenvalue weighted by Crippen LogP contribution is 2.35. The standard InChI is InChI=1S/C48H69N5O12/c1-31(2)25-38(50(7)30-54)46(58)63-33(5)43(55)51(8)40(27-35-15-16-35)48(60)65-41(19-17-36-18-20-42(49-28-36)53-21-23-61-24-22-53)44(56)52(9)39(26-32(3)4)47(59)64-34(6)45(57)62-29-37-13-11-10-12-14-37/h10-14,18,20,28,30-35,38-41H,15-17,19,21-27,29H2,1-9H3/t33-,34-,38+,39+,40+,41-/m1/s1. The van der Waals surface area contributed by atoms with Crippen LogP contribution in [-0.2, 0) is 70.3 Å². The number of nitrogens with zero attached hydrogens (tertiary/aromatic N) is 5. The Kier molecular flexibility index (Phi) is 20.2. The summed E-state index contributed by atoms with van der Waals surface area (Å²) in [7, 11) is 4.32. The van der Waals surface area contributed by atoms with Crippen LogP contribution in [0.2, 0.25) is 0 Å². The molecule has 1 saturated heterocycles. The Bertz CT molecular complexity index is 1890. The summed E-state index contributed by atoms with van der Waals surface area (Å²) in [5.74, 6) is -3.68.